The Labute approximate surface area is 193 Å². The zero-order chi connectivity index (χ0) is 24.0. The highest BCUT2D eigenvalue weighted by Gasteiger charge is 2.26. The summed E-state index contributed by atoms with van der Waals surface area (Å²) in [7, 11) is -3.55. The molecular weight excluding hydrogens is 446 g/mol. The molecule has 0 saturated carbocycles. The number of carbonyl (C=O) groups is 3. The van der Waals surface area contributed by atoms with Gasteiger partial charge in [-0.05, 0) is 68.3 Å². The Morgan fingerprint density at radius 3 is 2.00 bits per heavy atom. The Balaban J connectivity index is 1.57. The molecule has 9 nitrogen and oxygen atoms in total. The van der Waals surface area contributed by atoms with Gasteiger partial charge in [0.2, 0.25) is 15.9 Å². The summed E-state index contributed by atoms with van der Waals surface area (Å²) < 4.78 is 32.1. The molecule has 1 atom stereocenters. The second kappa shape index (κ2) is 10.6. The first kappa shape index (κ1) is 24.4. The third-order valence-electron chi connectivity index (χ3n) is 5.17. The summed E-state index contributed by atoms with van der Waals surface area (Å²) in [4.78, 5) is 35.9. The monoisotopic (exact) mass is 473 g/mol. The summed E-state index contributed by atoms with van der Waals surface area (Å²) in [6.07, 6.45) is 1.65. The van der Waals surface area contributed by atoms with Crippen molar-refractivity contribution < 1.29 is 27.5 Å². The van der Waals surface area contributed by atoms with Crippen molar-refractivity contribution >= 4 is 39.2 Å². The Morgan fingerprint density at radius 2 is 1.42 bits per heavy atom. The molecule has 0 spiro atoms. The SMILES string of the molecule is CC(=O)Nc1ccc(C(=O)O[C@H](C)C(=O)Nc2ccc(S(=O)(=O)N3CCCCC3)cc2)cc1. The van der Waals surface area contributed by atoms with Gasteiger partial charge in [-0.2, -0.15) is 4.31 Å². The van der Waals surface area contributed by atoms with Gasteiger partial charge in [-0.1, -0.05) is 6.42 Å². The molecule has 2 N–H and O–H groups in total. The molecule has 2 aromatic rings. The van der Waals surface area contributed by atoms with Crippen LogP contribution in [0.25, 0.3) is 0 Å². The Morgan fingerprint density at radius 1 is 0.879 bits per heavy atom. The summed E-state index contributed by atoms with van der Waals surface area (Å²) in [5.74, 6) is -1.47. The lowest BCUT2D eigenvalue weighted by Crippen LogP contribution is -2.35. The Hall–Kier alpha value is -3.24. The van der Waals surface area contributed by atoms with Crippen molar-refractivity contribution in [2.45, 2.75) is 44.1 Å². The molecule has 10 heteroatoms. The second-order valence-corrected chi connectivity index (χ2v) is 9.72. The maximum Gasteiger partial charge on any atom is 0.338 e. The smallest absolute Gasteiger partial charge is 0.338 e. The van der Waals surface area contributed by atoms with Crippen LogP contribution in [0.4, 0.5) is 11.4 Å². The van der Waals surface area contributed by atoms with Gasteiger partial charge in [0, 0.05) is 31.4 Å². The molecule has 0 radical (unpaired) electrons. The summed E-state index contributed by atoms with van der Waals surface area (Å²) >= 11 is 0. The Bertz CT molecular complexity index is 1110. The van der Waals surface area contributed by atoms with E-state index in [1.807, 2.05) is 0 Å². The van der Waals surface area contributed by atoms with Crippen molar-refractivity contribution in [3.05, 3.63) is 54.1 Å². The van der Waals surface area contributed by atoms with Crippen LogP contribution in [0.2, 0.25) is 0 Å². The maximum absolute atomic E-state index is 12.7. The third-order valence-corrected chi connectivity index (χ3v) is 7.08. The first-order valence-corrected chi connectivity index (χ1v) is 12.1. The molecular formula is C23H27N3O6S. The van der Waals surface area contributed by atoms with E-state index >= 15 is 0 Å². The highest BCUT2D eigenvalue weighted by Crippen LogP contribution is 2.22. The maximum atomic E-state index is 12.7. The number of benzene rings is 2. The van der Waals surface area contributed by atoms with Crippen LogP contribution >= 0.6 is 0 Å². The van der Waals surface area contributed by atoms with Crippen LogP contribution in [-0.2, 0) is 24.3 Å². The zero-order valence-electron chi connectivity index (χ0n) is 18.5. The van der Waals surface area contributed by atoms with Gasteiger partial charge in [-0.25, -0.2) is 13.2 Å². The normalized spacial score (nSPS) is 15.3. The number of piperidine rings is 1. The fourth-order valence-electron chi connectivity index (χ4n) is 3.38. The van der Waals surface area contributed by atoms with Crippen LogP contribution < -0.4 is 10.6 Å². The number of hydrogen-bond donors (Lipinski definition) is 2. The minimum atomic E-state index is -3.55. The molecule has 2 aromatic carbocycles. The lowest BCUT2D eigenvalue weighted by molar-refractivity contribution is -0.123. The summed E-state index contributed by atoms with van der Waals surface area (Å²) in [5.41, 5.74) is 1.16. The molecule has 176 valence electrons. The molecule has 1 aliphatic rings. The standard InChI is InChI=1S/C23H27N3O6S/c1-16(32-23(29)18-6-8-19(9-7-18)24-17(2)27)22(28)25-20-10-12-21(13-11-20)33(30,31)26-14-4-3-5-15-26/h6-13,16H,3-5,14-15H2,1-2H3,(H,24,27)(H,25,28)/t16-/m1/s1. The van der Waals surface area contributed by atoms with E-state index in [0.29, 0.717) is 24.5 Å². The molecule has 3 rings (SSSR count). The molecule has 0 aromatic heterocycles. The van der Waals surface area contributed by atoms with E-state index in [1.165, 1.54) is 54.6 Å². The molecule has 33 heavy (non-hydrogen) atoms. The van der Waals surface area contributed by atoms with Crippen LogP contribution in [0.3, 0.4) is 0 Å². The first-order valence-electron chi connectivity index (χ1n) is 10.7. The summed E-state index contributed by atoms with van der Waals surface area (Å²) in [6.45, 7) is 3.84. The van der Waals surface area contributed by atoms with Crippen molar-refractivity contribution in [3.63, 3.8) is 0 Å². The fourth-order valence-corrected chi connectivity index (χ4v) is 4.90. The largest absolute Gasteiger partial charge is 0.449 e. The van der Waals surface area contributed by atoms with Gasteiger partial charge in [0.15, 0.2) is 6.10 Å². The number of anilines is 2. The first-order chi connectivity index (χ1) is 15.7. The summed E-state index contributed by atoms with van der Waals surface area (Å²) in [6, 6.07) is 12.0. The molecule has 2 amide bonds. The average Bonchev–Trinajstić information content (AvgIpc) is 2.80. The lowest BCUT2D eigenvalue weighted by Gasteiger charge is -2.25. The number of nitrogens with one attached hydrogen (secondary N) is 2. The minimum Gasteiger partial charge on any atom is -0.449 e. The number of rotatable bonds is 7. The highest BCUT2D eigenvalue weighted by molar-refractivity contribution is 7.89. The van der Waals surface area contributed by atoms with E-state index in [4.69, 9.17) is 4.74 Å². The van der Waals surface area contributed by atoms with E-state index in [1.54, 1.807) is 12.1 Å². The highest BCUT2D eigenvalue weighted by atomic mass is 32.2. The van der Waals surface area contributed by atoms with Crippen LogP contribution in [0, 0.1) is 0 Å². The fraction of sp³-hybridized carbons (Fsp3) is 0.348. The van der Waals surface area contributed by atoms with E-state index in [2.05, 4.69) is 10.6 Å². The van der Waals surface area contributed by atoms with Gasteiger partial charge in [-0.3, -0.25) is 9.59 Å². The van der Waals surface area contributed by atoms with Crippen molar-refractivity contribution in [1.82, 2.24) is 4.31 Å². The molecule has 1 fully saturated rings. The second-order valence-electron chi connectivity index (χ2n) is 7.78. The van der Waals surface area contributed by atoms with Crippen LogP contribution in [-0.4, -0.2) is 49.7 Å². The molecule has 1 heterocycles. The van der Waals surface area contributed by atoms with Gasteiger partial charge in [-0.15, -0.1) is 0 Å². The lowest BCUT2D eigenvalue weighted by atomic mass is 10.2. The topological polar surface area (TPSA) is 122 Å². The molecule has 0 bridgehead atoms. The van der Waals surface area contributed by atoms with E-state index in [0.717, 1.165) is 19.3 Å². The van der Waals surface area contributed by atoms with Gasteiger partial charge >= 0.3 is 5.97 Å². The van der Waals surface area contributed by atoms with Gasteiger partial charge in [0.1, 0.15) is 0 Å². The number of sulfonamides is 1. The van der Waals surface area contributed by atoms with Crippen LogP contribution in [0.1, 0.15) is 43.5 Å². The molecule has 0 unspecified atom stereocenters. The number of nitrogens with zero attached hydrogens (tertiary/aromatic N) is 1. The van der Waals surface area contributed by atoms with Crippen molar-refractivity contribution in [3.8, 4) is 0 Å². The number of esters is 1. The Kier molecular flexibility index (Phi) is 7.83. The minimum absolute atomic E-state index is 0.171. The molecule has 1 aliphatic heterocycles. The number of hydrogen-bond acceptors (Lipinski definition) is 6. The predicted molar refractivity (Wildman–Crippen MR) is 123 cm³/mol. The summed E-state index contributed by atoms with van der Waals surface area (Å²) in [5, 5.41) is 5.21. The number of ether oxygens (including phenoxy) is 1. The quantitative estimate of drug-likeness (QED) is 0.596. The van der Waals surface area contributed by atoms with Crippen LogP contribution in [0.15, 0.2) is 53.4 Å². The van der Waals surface area contributed by atoms with Crippen molar-refractivity contribution in [1.29, 1.82) is 0 Å². The van der Waals surface area contributed by atoms with Gasteiger partial charge < -0.3 is 15.4 Å². The van der Waals surface area contributed by atoms with Crippen molar-refractivity contribution in [2.75, 3.05) is 23.7 Å². The van der Waals surface area contributed by atoms with Crippen molar-refractivity contribution in [2.24, 2.45) is 0 Å². The zero-order valence-corrected chi connectivity index (χ0v) is 19.4. The van der Waals surface area contributed by atoms with E-state index in [9.17, 15) is 22.8 Å². The third kappa shape index (κ3) is 6.39. The molecule has 0 aliphatic carbocycles. The average molecular weight is 474 g/mol. The number of amides is 2. The van der Waals surface area contributed by atoms with Crippen LogP contribution in [0.5, 0.6) is 0 Å². The van der Waals surface area contributed by atoms with Gasteiger partial charge in [0.25, 0.3) is 5.91 Å². The van der Waals surface area contributed by atoms with E-state index < -0.39 is 28.0 Å². The number of carbonyl (C=O) groups excluding carboxylic acids is 3. The van der Waals surface area contributed by atoms with Gasteiger partial charge in [0.05, 0.1) is 10.5 Å². The molecule has 1 saturated heterocycles. The predicted octanol–water partition coefficient (Wildman–Crippen LogP) is 3.00. The van der Waals surface area contributed by atoms with E-state index in [-0.39, 0.29) is 16.4 Å².